The van der Waals surface area contributed by atoms with E-state index in [0.717, 1.165) is 39.1 Å². The van der Waals surface area contributed by atoms with Gasteiger partial charge in [0, 0.05) is 31.6 Å². The summed E-state index contributed by atoms with van der Waals surface area (Å²) in [6.07, 6.45) is 3.45. The molecular formula is C22H35Cl2N3O. The number of benzene rings is 1. The minimum Gasteiger partial charge on any atom is -0.352 e. The second kappa shape index (κ2) is 9.80. The Kier molecular flexibility index (Phi) is 8.21. The number of hydrogen-bond donors (Lipinski definition) is 2. The van der Waals surface area contributed by atoms with Crippen molar-refractivity contribution in [2.24, 2.45) is 23.2 Å². The molecule has 1 aromatic carbocycles. The molecular weight excluding hydrogens is 393 g/mol. The molecule has 3 unspecified atom stereocenters. The van der Waals surface area contributed by atoms with E-state index in [1.54, 1.807) is 0 Å². The third kappa shape index (κ3) is 5.02. The van der Waals surface area contributed by atoms with Crippen molar-refractivity contribution in [2.75, 3.05) is 26.2 Å². The van der Waals surface area contributed by atoms with Crippen LogP contribution in [0.25, 0.3) is 0 Å². The van der Waals surface area contributed by atoms with Crippen LogP contribution < -0.4 is 10.6 Å². The molecule has 2 heterocycles. The number of amides is 1. The van der Waals surface area contributed by atoms with Gasteiger partial charge in [0.1, 0.15) is 0 Å². The second-order valence-corrected chi connectivity index (χ2v) is 9.04. The smallest absolute Gasteiger partial charge is 0.223 e. The van der Waals surface area contributed by atoms with Crippen LogP contribution in [0.3, 0.4) is 0 Å². The fraction of sp³-hybridized carbons (Fsp3) is 0.682. The molecule has 158 valence electrons. The van der Waals surface area contributed by atoms with Crippen molar-refractivity contribution < 1.29 is 4.79 Å². The first-order valence-electron chi connectivity index (χ1n) is 10.3. The zero-order valence-corrected chi connectivity index (χ0v) is 18.7. The van der Waals surface area contributed by atoms with Crippen LogP contribution in [-0.2, 0) is 11.3 Å². The van der Waals surface area contributed by atoms with Gasteiger partial charge in [0.15, 0.2) is 0 Å². The van der Waals surface area contributed by atoms with Crippen LogP contribution in [0.1, 0.15) is 38.7 Å². The number of likely N-dealkylation sites (tertiary alicyclic amines) is 1. The van der Waals surface area contributed by atoms with Crippen molar-refractivity contribution in [3.8, 4) is 0 Å². The Bertz CT molecular complexity index is 624. The van der Waals surface area contributed by atoms with E-state index in [-0.39, 0.29) is 30.7 Å². The fourth-order valence-electron chi connectivity index (χ4n) is 5.39. The number of hydrogen-bond acceptors (Lipinski definition) is 3. The minimum absolute atomic E-state index is 0. The molecule has 6 heteroatoms. The molecule has 0 aromatic heterocycles. The molecule has 0 bridgehead atoms. The summed E-state index contributed by atoms with van der Waals surface area (Å²) in [6.45, 7) is 9.88. The van der Waals surface area contributed by atoms with Gasteiger partial charge in [-0.3, -0.25) is 9.69 Å². The number of nitrogens with zero attached hydrogens (tertiary/aromatic N) is 1. The monoisotopic (exact) mass is 427 g/mol. The van der Waals surface area contributed by atoms with E-state index < -0.39 is 0 Å². The summed E-state index contributed by atoms with van der Waals surface area (Å²) >= 11 is 0. The first kappa shape index (κ1) is 23.5. The lowest BCUT2D eigenvalue weighted by Gasteiger charge is -2.42. The van der Waals surface area contributed by atoms with Crippen molar-refractivity contribution in [1.82, 2.24) is 15.5 Å². The summed E-state index contributed by atoms with van der Waals surface area (Å²) in [5, 5.41) is 6.87. The van der Waals surface area contributed by atoms with Gasteiger partial charge in [0.25, 0.3) is 0 Å². The molecule has 0 radical (unpaired) electrons. The molecule has 2 N–H and O–H groups in total. The molecule has 1 saturated carbocycles. The first-order chi connectivity index (χ1) is 12.6. The number of halogens is 2. The van der Waals surface area contributed by atoms with Crippen LogP contribution >= 0.6 is 24.8 Å². The molecule has 4 nitrogen and oxygen atoms in total. The Morgan fingerprint density at radius 2 is 1.71 bits per heavy atom. The summed E-state index contributed by atoms with van der Waals surface area (Å²) in [7, 11) is 0. The molecule has 2 aliphatic heterocycles. The third-order valence-corrected chi connectivity index (χ3v) is 6.98. The van der Waals surface area contributed by atoms with E-state index >= 15 is 0 Å². The van der Waals surface area contributed by atoms with Gasteiger partial charge in [-0.15, -0.1) is 24.8 Å². The van der Waals surface area contributed by atoms with E-state index in [4.69, 9.17) is 0 Å². The number of nitrogens with one attached hydrogen (secondary N) is 2. The van der Waals surface area contributed by atoms with Gasteiger partial charge in [-0.25, -0.2) is 0 Å². The summed E-state index contributed by atoms with van der Waals surface area (Å²) in [4.78, 5) is 15.4. The van der Waals surface area contributed by atoms with Crippen LogP contribution in [0, 0.1) is 23.2 Å². The van der Waals surface area contributed by atoms with E-state index in [0.29, 0.717) is 29.2 Å². The maximum Gasteiger partial charge on any atom is 0.223 e. The molecule has 1 spiro atoms. The predicted molar refractivity (Wildman–Crippen MR) is 119 cm³/mol. The van der Waals surface area contributed by atoms with Crippen LogP contribution in [0.2, 0.25) is 0 Å². The Hall–Kier alpha value is -0.810. The van der Waals surface area contributed by atoms with Crippen molar-refractivity contribution >= 4 is 30.7 Å². The highest BCUT2D eigenvalue weighted by Gasteiger charge is 2.58. The van der Waals surface area contributed by atoms with Crippen LogP contribution in [0.5, 0.6) is 0 Å². The molecule has 1 amide bonds. The highest BCUT2D eigenvalue weighted by atomic mass is 35.5. The highest BCUT2D eigenvalue weighted by molar-refractivity contribution is 5.85. The summed E-state index contributed by atoms with van der Waals surface area (Å²) < 4.78 is 0. The fourth-order valence-corrected chi connectivity index (χ4v) is 5.39. The second-order valence-electron chi connectivity index (χ2n) is 9.04. The average molecular weight is 428 g/mol. The molecule has 1 aliphatic carbocycles. The number of piperidine rings is 2. The van der Waals surface area contributed by atoms with Crippen LogP contribution in [0.4, 0.5) is 0 Å². The zero-order chi connectivity index (χ0) is 18.1. The van der Waals surface area contributed by atoms with E-state index in [9.17, 15) is 4.79 Å². The zero-order valence-electron chi connectivity index (χ0n) is 17.0. The maximum atomic E-state index is 12.9. The molecule has 3 aliphatic rings. The highest BCUT2D eigenvalue weighted by Crippen LogP contribution is 2.58. The van der Waals surface area contributed by atoms with E-state index in [1.807, 2.05) is 0 Å². The Morgan fingerprint density at radius 3 is 2.32 bits per heavy atom. The molecule has 2 saturated heterocycles. The Labute approximate surface area is 182 Å². The lowest BCUT2D eigenvalue weighted by Crippen LogP contribution is -2.55. The van der Waals surface area contributed by atoms with Crippen molar-refractivity contribution in [3.05, 3.63) is 35.9 Å². The Morgan fingerprint density at radius 1 is 1.11 bits per heavy atom. The van der Waals surface area contributed by atoms with Gasteiger partial charge >= 0.3 is 0 Å². The number of carbonyl (C=O) groups is 1. The standard InChI is InChI=1S/C22H33N3O.2ClH/c1-16-13-25(15-18-6-4-3-5-7-18)14-17(2)20(16)24-21(26)19-12-22(19)8-10-23-11-9-22;;/h3-7,16-17,19-20,23H,8-15H2,1-2H3,(H,24,26);2*1H. The van der Waals surface area contributed by atoms with Gasteiger partial charge in [-0.05, 0) is 55.2 Å². The van der Waals surface area contributed by atoms with Gasteiger partial charge in [-0.2, -0.15) is 0 Å². The number of carbonyl (C=O) groups excluding carboxylic acids is 1. The predicted octanol–water partition coefficient (Wildman–Crippen LogP) is 3.49. The molecule has 28 heavy (non-hydrogen) atoms. The largest absolute Gasteiger partial charge is 0.352 e. The topological polar surface area (TPSA) is 44.4 Å². The SMILES string of the molecule is CC1CN(Cc2ccccc2)CC(C)C1NC(=O)C1CC12CCNCC2.Cl.Cl. The van der Waals surface area contributed by atoms with Crippen molar-refractivity contribution in [3.63, 3.8) is 0 Å². The normalized spacial score (nSPS) is 31.4. The van der Waals surface area contributed by atoms with Gasteiger partial charge in [-0.1, -0.05) is 44.2 Å². The van der Waals surface area contributed by atoms with Crippen molar-refractivity contribution in [1.29, 1.82) is 0 Å². The maximum absolute atomic E-state index is 12.9. The summed E-state index contributed by atoms with van der Waals surface area (Å²) in [5.41, 5.74) is 1.70. The van der Waals surface area contributed by atoms with E-state index in [1.165, 1.54) is 18.4 Å². The van der Waals surface area contributed by atoms with Gasteiger partial charge in [0.2, 0.25) is 5.91 Å². The molecule has 1 aromatic rings. The summed E-state index contributed by atoms with van der Waals surface area (Å²) in [6, 6.07) is 11.0. The lowest BCUT2D eigenvalue weighted by molar-refractivity contribution is -0.125. The van der Waals surface area contributed by atoms with Gasteiger partial charge < -0.3 is 10.6 Å². The third-order valence-electron chi connectivity index (χ3n) is 6.98. The van der Waals surface area contributed by atoms with Crippen molar-refractivity contribution in [2.45, 2.75) is 45.7 Å². The molecule has 4 rings (SSSR count). The Balaban J connectivity index is 0.00000140. The van der Waals surface area contributed by atoms with E-state index in [2.05, 4.69) is 59.7 Å². The molecule has 3 fully saturated rings. The summed E-state index contributed by atoms with van der Waals surface area (Å²) in [5.74, 6) is 1.58. The minimum atomic E-state index is 0. The van der Waals surface area contributed by atoms with Crippen LogP contribution in [0.15, 0.2) is 30.3 Å². The van der Waals surface area contributed by atoms with Crippen LogP contribution in [-0.4, -0.2) is 43.0 Å². The lowest BCUT2D eigenvalue weighted by atomic mass is 9.85. The number of rotatable bonds is 4. The first-order valence-corrected chi connectivity index (χ1v) is 10.3. The quantitative estimate of drug-likeness (QED) is 0.772. The average Bonchev–Trinajstić information content (AvgIpc) is 3.32. The van der Waals surface area contributed by atoms with Gasteiger partial charge in [0.05, 0.1) is 0 Å². The molecule has 3 atom stereocenters.